The Morgan fingerprint density at radius 1 is 1.17 bits per heavy atom. The Bertz CT molecular complexity index is 345. The smallest absolute Gasteiger partial charge is 0.316 e. The quantitative estimate of drug-likeness (QED) is 0.679. The highest BCUT2D eigenvalue weighted by atomic mass is 16.5. The molecule has 0 aromatic carbocycles. The summed E-state index contributed by atoms with van der Waals surface area (Å²) in [6.45, 7) is 9.58. The van der Waals surface area contributed by atoms with Gasteiger partial charge in [-0.3, -0.25) is 0 Å². The first-order valence-electron chi connectivity index (χ1n) is 6.52. The number of ether oxygens (including phenoxy) is 2. The Labute approximate surface area is 109 Å². The third-order valence-electron chi connectivity index (χ3n) is 2.25. The Morgan fingerprint density at radius 2 is 2.00 bits per heavy atom. The van der Waals surface area contributed by atoms with Crippen molar-refractivity contribution in [2.75, 3.05) is 26.4 Å². The van der Waals surface area contributed by atoms with Gasteiger partial charge in [0.2, 0.25) is 0 Å². The predicted octanol–water partition coefficient (Wildman–Crippen LogP) is 1.70. The Balaban J connectivity index is 2.41. The fourth-order valence-corrected chi connectivity index (χ4v) is 1.45. The molecular formula is C13H23N3O2. The van der Waals surface area contributed by atoms with Gasteiger partial charge in [0.05, 0.1) is 12.3 Å². The molecule has 5 nitrogen and oxygen atoms in total. The van der Waals surface area contributed by atoms with E-state index in [0.29, 0.717) is 19.2 Å². The summed E-state index contributed by atoms with van der Waals surface area (Å²) in [5.41, 5.74) is 1.87. The van der Waals surface area contributed by atoms with Crippen LogP contribution in [-0.2, 0) is 11.3 Å². The number of aromatic nitrogens is 2. The van der Waals surface area contributed by atoms with Crippen LogP contribution >= 0.6 is 0 Å². The standard InChI is InChI=1S/C13H23N3O2/c1-4-6-17-7-8-18-13-15-11(3)9-12(16-13)10-14-5-2/h9,14H,4-8,10H2,1-3H3. The van der Waals surface area contributed by atoms with Crippen LogP contribution in [0.5, 0.6) is 6.01 Å². The van der Waals surface area contributed by atoms with E-state index in [1.165, 1.54) is 0 Å². The van der Waals surface area contributed by atoms with Gasteiger partial charge in [0, 0.05) is 18.8 Å². The average molecular weight is 253 g/mol. The molecule has 1 aromatic rings. The summed E-state index contributed by atoms with van der Waals surface area (Å²) in [4.78, 5) is 8.58. The van der Waals surface area contributed by atoms with E-state index >= 15 is 0 Å². The zero-order valence-electron chi connectivity index (χ0n) is 11.5. The van der Waals surface area contributed by atoms with Crippen molar-refractivity contribution in [2.24, 2.45) is 0 Å². The van der Waals surface area contributed by atoms with Gasteiger partial charge >= 0.3 is 6.01 Å². The molecule has 0 spiro atoms. The third kappa shape index (κ3) is 5.93. The van der Waals surface area contributed by atoms with Gasteiger partial charge in [-0.05, 0) is 26.0 Å². The van der Waals surface area contributed by atoms with Gasteiger partial charge < -0.3 is 14.8 Å². The largest absolute Gasteiger partial charge is 0.461 e. The van der Waals surface area contributed by atoms with Gasteiger partial charge in [-0.15, -0.1) is 0 Å². The minimum Gasteiger partial charge on any atom is -0.461 e. The summed E-state index contributed by atoms with van der Waals surface area (Å²) in [6, 6.07) is 2.39. The molecule has 1 aromatic heterocycles. The summed E-state index contributed by atoms with van der Waals surface area (Å²) in [5, 5.41) is 3.23. The second-order valence-electron chi connectivity index (χ2n) is 4.02. The van der Waals surface area contributed by atoms with Crippen molar-refractivity contribution in [3.8, 4) is 6.01 Å². The molecule has 1 heterocycles. The molecule has 1 rings (SSSR count). The van der Waals surface area contributed by atoms with Gasteiger partial charge in [-0.25, -0.2) is 4.98 Å². The number of hydrogen-bond acceptors (Lipinski definition) is 5. The van der Waals surface area contributed by atoms with Gasteiger partial charge in [0.1, 0.15) is 6.61 Å². The van der Waals surface area contributed by atoms with Crippen LogP contribution < -0.4 is 10.1 Å². The van der Waals surface area contributed by atoms with E-state index in [4.69, 9.17) is 9.47 Å². The SMILES string of the molecule is CCCOCCOc1nc(C)cc(CNCC)n1. The fraction of sp³-hybridized carbons (Fsp3) is 0.692. The normalized spacial score (nSPS) is 10.6. The molecule has 0 aliphatic heterocycles. The van der Waals surface area contributed by atoms with E-state index in [9.17, 15) is 0 Å². The molecule has 0 aliphatic rings. The molecule has 102 valence electrons. The maximum atomic E-state index is 5.48. The van der Waals surface area contributed by atoms with Gasteiger partial charge in [0.25, 0.3) is 0 Å². The second-order valence-corrected chi connectivity index (χ2v) is 4.02. The molecule has 0 saturated carbocycles. The molecule has 0 amide bonds. The Morgan fingerprint density at radius 3 is 2.72 bits per heavy atom. The summed E-state index contributed by atoms with van der Waals surface area (Å²) >= 11 is 0. The van der Waals surface area contributed by atoms with E-state index in [0.717, 1.165) is 37.5 Å². The van der Waals surface area contributed by atoms with Crippen LogP contribution in [0.2, 0.25) is 0 Å². The van der Waals surface area contributed by atoms with Crippen molar-refractivity contribution in [3.63, 3.8) is 0 Å². The van der Waals surface area contributed by atoms with Crippen molar-refractivity contribution >= 4 is 0 Å². The summed E-state index contributed by atoms with van der Waals surface area (Å²) in [5.74, 6) is 0. The van der Waals surface area contributed by atoms with Crippen molar-refractivity contribution in [1.82, 2.24) is 15.3 Å². The average Bonchev–Trinajstić information content (AvgIpc) is 2.35. The zero-order valence-corrected chi connectivity index (χ0v) is 11.5. The summed E-state index contributed by atoms with van der Waals surface area (Å²) in [6.07, 6.45) is 1.02. The molecule has 0 atom stereocenters. The van der Waals surface area contributed by atoms with Crippen LogP contribution in [0.15, 0.2) is 6.07 Å². The van der Waals surface area contributed by atoms with Crippen molar-refractivity contribution in [3.05, 3.63) is 17.5 Å². The van der Waals surface area contributed by atoms with Gasteiger partial charge in [0.15, 0.2) is 0 Å². The first-order chi connectivity index (χ1) is 8.76. The van der Waals surface area contributed by atoms with Crippen molar-refractivity contribution in [2.45, 2.75) is 33.7 Å². The number of rotatable bonds is 9. The second kappa shape index (κ2) is 8.83. The van der Waals surface area contributed by atoms with Crippen LogP contribution in [0.25, 0.3) is 0 Å². The molecule has 5 heteroatoms. The lowest BCUT2D eigenvalue weighted by Crippen LogP contribution is -2.15. The van der Waals surface area contributed by atoms with E-state index < -0.39 is 0 Å². The first kappa shape index (κ1) is 14.9. The molecule has 1 N–H and O–H groups in total. The van der Waals surface area contributed by atoms with Crippen molar-refractivity contribution in [1.29, 1.82) is 0 Å². The van der Waals surface area contributed by atoms with Crippen molar-refractivity contribution < 1.29 is 9.47 Å². The summed E-state index contributed by atoms with van der Waals surface area (Å²) in [7, 11) is 0. The molecule has 0 bridgehead atoms. The minimum absolute atomic E-state index is 0.433. The molecule has 0 saturated heterocycles. The summed E-state index contributed by atoms with van der Waals surface area (Å²) < 4.78 is 10.8. The van der Waals surface area contributed by atoms with Crippen LogP contribution in [0, 0.1) is 6.92 Å². The number of nitrogens with one attached hydrogen (secondary N) is 1. The van der Waals surface area contributed by atoms with Crippen LogP contribution in [-0.4, -0.2) is 36.3 Å². The monoisotopic (exact) mass is 253 g/mol. The number of aryl methyl sites for hydroxylation is 1. The van der Waals surface area contributed by atoms with E-state index in [2.05, 4.69) is 29.1 Å². The highest BCUT2D eigenvalue weighted by Gasteiger charge is 2.03. The molecular weight excluding hydrogens is 230 g/mol. The highest BCUT2D eigenvalue weighted by Crippen LogP contribution is 2.06. The molecule has 0 unspecified atom stereocenters. The predicted molar refractivity (Wildman–Crippen MR) is 70.8 cm³/mol. The zero-order chi connectivity index (χ0) is 13.2. The van der Waals surface area contributed by atoms with Crippen LogP contribution in [0.3, 0.4) is 0 Å². The lowest BCUT2D eigenvalue weighted by Gasteiger charge is -2.08. The maximum absolute atomic E-state index is 5.48. The minimum atomic E-state index is 0.433. The molecule has 0 radical (unpaired) electrons. The van der Waals surface area contributed by atoms with Gasteiger partial charge in [-0.2, -0.15) is 4.98 Å². The van der Waals surface area contributed by atoms with E-state index in [-0.39, 0.29) is 0 Å². The maximum Gasteiger partial charge on any atom is 0.316 e. The molecule has 0 aliphatic carbocycles. The lowest BCUT2D eigenvalue weighted by molar-refractivity contribution is 0.0970. The fourth-order valence-electron chi connectivity index (χ4n) is 1.45. The lowest BCUT2D eigenvalue weighted by atomic mass is 10.3. The van der Waals surface area contributed by atoms with Gasteiger partial charge in [-0.1, -0.05) is 13.8 Å². The number of nitrogens with zero attached hydrogens (tertiary/aromatic N) is 2. The molecule has 0 fully saturated rings. The highest BCUT2D eigenvalue weighted by molar-refractivity contribution is 5.12. The topological polar surface area (TPSA) is 56.3 Å². The number of hydrogen-bond donors (Lipinski definition) is 1. The van der Waals surface area contributed by atoms with E-state index in [1.54, 1.807) is 0 Å². The van der Waals surface area contributed by atoms with E-state index in [1.807, 2.05) is 13.0 Å². The first-order valence-corrected chi connectivity index (χ1v) is 6.52. The Hall–Kier alpha value is -1.20. The molecule has 18 heavy (non-hydrogen) atoms. The third-order valence-corrected chi connectivity index (χ3v) is 2.25. The van der Waals surface area contributed by atoms with Crippen LogP contribution in [0.4, 0.5) is 0 Å². The Kier molecular flexibility index (Phi) is 7.29. The van der Waals surface area contributed by atoms with Crippen LogP contribution in [0.1, 0.15) is 31.7 Å².